The predicted octanol–water partition coefficient (Wildman–Crippen LogP) is 2.68. The number of aromatic nitrogens is 1. The average Bonchev–Trinajstić information content (AvgIpc) is 2.63. The smallest absolute Gasteiger partial charge is 0.282 e. The van der Waals surface area contributed by atoms with Gasteiger partial charge >= 0.3 is 0 Å². The minimum Gasteiger partial charge on any atom is -0.342 e. The number of hydroxylamine groups is 2. The van der Waals surface area contributed by atoms with E-state index in [9.17, 15) is 9.59 Å². The van der Waals surface area contributed by atoms with Gasteiger partial charge in [0.1, 0.15) is 5.56 Å². The molecule has 0 unspecified atom stereocenters. The van der Waals surface area contributed by atoms with Gasteiger partial charge in [0.15, 0.2) is 0 Å². The van der Waals surface area contributed by atoms with E-state index in [2.05, 4.69) is 0 Å². The number of fused-ring (bicyclic) bond motifs is 1. The molecule has 1 aromatic heterocycles. The lowest BCUT2D eigenvalue weighted by atomic mass is 10.1. The molecule has 0 fully saturated rings. The van der Waals surface area contributed by atoms with Crippen molar-refractivity contribution in [2.24, 2.45) is 0 Å². The van der Waals surface area contributed by atoms with E-state index >= 15 is 0 Å². The first kappa shape index (κ1) is 16.0. The Bertz CT molecular complexity index is 932. The van der Waals surface area contributed by atoms with E-state index in [-0.39, 0.29) is 11.0 Å². The Kier molecular flexibility index (Phi) is 4.44. The molecule has 122 valence electrons. The molecule has 0 N–H and O–H groups in total. The van der Waals surface area contributed by atoms with Crippen LogP contribution in [0.1, 0.15) is 15.9 Å². The Labute approximate surface area is 139 Å². The van der Waals surface area contributed by atoms with Gasteiger partial charge in [-0.3, -0.25) is 14.4 Å². The zero-order valence-corrected chi connectivity index (χ0v) is 13.6. The van der Waals surface area contributed by atoms with Crippen LogP contribution in [-0.2, 0) is 11.4 Å². The van der Waals surface area contributed by atoms with E-state index in [1.54, 1.807) is 18.3 Å². The topological polar surface area (TPSA) is 51.5 Å². The van der Waals surface area contributed by atoms with Gasteiger partial charge in [-0.15, -0.1) is 0 Å². The summed E-state index contributed by atoms with van der Waals surface area (Å²) in [5.74, 6) is -0.463. The summed E-state index contributed by atoms with van der Waals surface area (Å²) in [4.78, 5) is 30.0. The lowest BCUT2D eigenvalue weighted by Crippen LogP contribution is -2.31. The van der Waals surface area contributed by atoms with Crippen molar-refractivity contribution in [3.8, 4) is 0 Å². The monoisotopic (exact) mass is 322 g/mol. The maximum absolute atomic E-state index is 12.7. The lowest BCUT2D eigenvalue weighted by Gasteiger charge is -2.16. The number of hydrogen-bond acceptors (Lipinski definition) is 3. The minimum absolute atomic E-state index is 0.0916. The van der Waals surface area contributed by atoms with Crippen molar-refractivity contribution in [3.05, 3.63) is 82.1 Å². The summed E-state index contributed by atoms with van der Waals surface area (Å²) in [6, 6.07) is 17.2. The molecule has 5 nitrogen and oxygen atoms in total. The van der Waals surface area contributed by atoms with Crippen LogP contribution in [0.15, 0.2) is 65.6 Å². The van der Waals surface area contributed by atoms with Crippen LogP contribution in [0.5, 0.6) is 0 Å². The number of hydrogen-bond donors (Lipinski definition) is 0. The van der Waals surface area contributed by atoms with E-state index in [1.807, 2.05) is 47.0 Å². The van der Waals surface area contributed by atoms with Gasteiger partial charge in [0.25, 0.3) is 5.91 Å². The van der Waals surface area contributed by atoms with Crippen LogP contribution < -0.4 is 5.43 Å². The van der Waals surface area contributed by atoms with Crippen molar-refractivity contribution >= 4 is 16.8 Å². The molecule has 2 aromatic carbocycles. The Morgan fingerprint density at radius 2 is 1.75 bits per heavy atom. The molecule has 0 radical (unpaired) electrons. The quantitative estimate of drug-likeness (QED) is 0.694. The zero-order chi connectivity index (χ0) is 17.1. The van der Waals surface area contributed by atoms with E-state index in [4.69, 9.17) is 4.84 Å². The molecule has 0 aliphatic rings. The maximum Gasteiger partial charge on any atom is 0.282 e. The molecule has 0 saturated heterocycles. The average molecular weight is 322 g/mol. The van der Waals surface area contributed by atoms with Gasteiger partial charge in [-0.2, -0.15) is 0 Å². The molecule has 0 bridgehead atoms. The van der Waals surface area contributed by atoms with Crippen molar-refractivity contribution in [1.82, 2.24) is 9.63 Å². The first-order chi connectivity index (χ1) is 11.6. The van der Waals surface area contributed by atoms with Crippen LogP contribution in [0.2, 0.25) is 0 Å². The first-order valence-electron chi connectivity index (χ1n) is 7.60. The van der Waals surface area contributed by atoms with Gasteiger partial charge in [-0.25, -0.2) is 5.06 Å². The Morgan fingerprint density at radius 3 is 2.46 bits per heavy atom. The first-order valence-corrected chi connectivity index (χ1v) is 7.60. The Morgan fingerprint density at radius 1 is 1.08 bits per heavy atom. The molecule has 5 heteroatoms. The molecule has 24 heavy (non-hydrogen) atoms. The predicted molar refractivity (Wildman–Crippen MR) is 92.9 cm³/mol. The van der Waals surface area contributed by atoms with Crippen LogP contribution in [-0.4, -0.2) is 29.7 Å². The highest BCUT2D eigenvalue weighted by Crippen LogP contribution is 2.15. The second-order valence-corrected chi connectivity index (χ2v) is 5.49. The summed E-state index contributed by atoms with van der Waals surface area (Å²) in [6.07, 6.45) is 1.61. The summed E-state index contributed by atoms with van der Waals surface area (Å²) in [5, 5.41) is 1.57. The van der Waals surface area contributed by atoms with E-state index < -0.39 is 5.91 Å². The highest BCUT2D eigenvalue weighted by atomic mass is 16.7. The number of nitrogens with zero attached hydrogens (tertiary/aromatic N) is 2. The van der Waals surface area contributed by atoms with Gasteiger partial charge in [0.2, 0.25) is 5.43 Å². The fraction of sp³-hybridized carbons (Fsp3) is 0.158. The summed E-state index contributed by atoms with van der Waals surface area (Å²) < 4.78 is 1.92. The van der Waals surface area contributed by atoms with E-state index in [0.29, 0.717) is 11.9 Å². The standard InChI is InChI=1S/C19H18N2O3/c1-20(24-2)19(23)16-13-21(12-14-8-4-3-5-9-14)17-11-7-6-10-15(17)18(16)22/h3-11,13H,12H2,1-2H3. The van der Waals surface area contributed by atoms with Gasteiger partial charge in [0, 0.05) is 25.2 Å². The van der Waals surface area contributed by atoms with Crippen LogP contribution in [0.4, 0.5) is 0 Å². The van der Waals surface area contributed by atoms with Crippen molar-refractivity contribution in [1.29, 1.82) is 0 Å². The zero-order valence-electron chi connectivity index (χ0n) is 13.6. The summed E-state index contributed by atoms with van der Waals surface area (Å²) in [5.41, 5.74) is 1.69. The molecule has 0 aliphatic carbocycles. The second kappa shape index (κ2) is 6.68. The van der Waals surface area contributed by atoms with Crippen molar-refractivity contribution < 1.29 is 9.63 Å². The number of amides is 1. The van der Waals surface area contributed by atoms with Crippen LogP contribution in [0.25, 0.3) is 10.9 Å². The summed E-state index contributed by atoms with van der Waals surface area (Å²) in [7, 11) is 2.87. The Hall–Kier alpha value is -2.92. The van der Waals surface area contributed by atoms with Gasteiger partial charge < -0.3 is 4.57 Å². The van der Waals surface area contributed by atoms with Crippen LogP contribution in [0.3, 0.4) is 0 Å². The number of carbonyl (C=O) groups excluding carboxylic acids is 1. The maximum atomic E-state index is 12.7. The largest absolute Gasteiger partial charge is 0.342 e. The van der Waals surface area contributed by atoms with Gasteiger partial charge in [-0.05, 0) is 17.7 Å². The number of rotatable bonds is 4. The summed E-state index contributed by atoms with van der Waals surface area (Å²) >= 11 is 0. The number of para-hydroxylation sites is 1. The Balaban J connectivity index is 2.19. The SMILES string of the molecule is CON(C)C(=O)c1cn(Cc2ccccc2)c2ccccc2c1=O. The lowest BCUT2D eigenvalue weighted by molar-refractivity contribution is -0.0758. The highest BCUT2D eigenvalue weighted by Gasteiger charge is 2.18. The van der Waals surface area contributed by atoms with Gasteiger partial charge in [0.05, 0.1) is 12.6 Å². The molecular weight excluding hydrogens is 304 g/mol. The van der Waals surface area contributed by atoms with Crippen LogP contribution in [0, 0.1) is 0 Å². The third-order valence-electron chi connectivity index (χ3n) is 3.97. The fourth-order valence-electron chi connectivity index (χ4n) is 2.66. The fourth-order valence-corrected chi connectivity index (χ4v) is 2.66. The third-order valence-corrected chi connectivity index (χ3v) is 3.97. The second-order valence-electron chi connectivity index (χ2n) is 5.49. The van der Waals surface area contributed by atoms with Gasteiger partial charge in [-0.1, -0.05) is 42.5 Å². The van der Waals surface area contributed by atoms with Crippen molar-refractivity contribution in [2.45, 2.75) is 6.54 Å². The molecule has 0 atom stereocenters. The molecular formula is C19H18N2O3. The minimum atomic E-state index is -0.463. The number of pyridine rings is 1. The molecule has 0 aliphatic heterocycles. The molecule has 3 rings (SSSR count). The molecule has 3 aromatic rings. The highest BCUT2D eigenvalue weighted by molar-refractivity contribution is 5.96. The summed E-state index contributed by atoms with van der Waals surface area (Å²) in [6.45, 7) is 0.568. The van der Waals surface area contributed by atoms with Crippen LogP contribution >= 0.6 is 0 Å². The number of carbonyl (C=O) groups is 1. The molecule has 1 heterocycles. The molecule has 0 saturated carbocycles. The third kappa shape index (κ3) is 2.94. The van der Waals surface area contributed by atoms with Crippen molar-refractivity contribution in [3.63, 3.8) is 0 Å². The number of benzene rings is 2. The van der Waals surface area contributed by atoms with Crippen molar-refractivity contribution in [2.75, 3.05) is 14.2 Å². The molecule has 1 amide bonds. The van der Waals surface area contributed by atoms with E-state index in [1.165, 1.54) is 14.2 Å². The normalized spacial score (nSPS) is 10.8. The molecule has 0 spiro atoms. The van der Waals surface area contributed by atoms with E-state index in [0.717, 1.165) is 16.1 Å².